The van der Waals surface area contributed by atoms with Crippen LogP contribution >= 0.6 is 0 Å². The van der Waals surface area contributed by atoms with Crippen LogP contribution < -0.4 is 19.5 Å². The number of fused-ring (bicyclic) bond motifs is 1. The summed E-state index contributed by atoms with van der Waals surface area (Å²) in [7, 11) is 4.57. The van der Waals surface area contributed by atoms with Gasteiger partial charge in [0.15, 0.2) is 11.5 Å². The Morgan fingerprint density at radius 2 is 1.89 bits per heavy atom. The van der Waals surface area contributed by atoms with E-state index in [1.807, 2.05) is 0 Å². The molecule has 1 amide bonds. The number of nitrogens with one attached hydrogen (secondary N) is 2. The number of aromatic amines is 1. The monoisotopic (exact) mass is 265 g/mol. The number of amides is 1. The molecular weight excluding hydrogens is 250 g/mol. The lowest BCUT2D eigenvalue weighted by Gasteiger charge is -2.11. The number of benzene rings is 1. The van der Waals surface area contributed by atoms with Crippen LogP contribution in [0.1, 0.15) is 6.92 Å². The minimum absolute atomic E-state index is 0.211. The molecule has 0 unspecified atom stereocenters. The molecule has 2 N–H and O–H groups in total. The number of imidazole rings is 1. The van der Waals surface area contributed by atoms with Gasteiger partial charge in [0.1, 0.15) is 5.52 Å². The Morgan fingerprint density at radius 1 is 1.21 bits per heavy atom. The molecule has 0 radical (unpaired) electrons. The van der Waals surface area contributed by atoms with Crippen molar-refractivity contribution in [3.8, 4) is 17.2 Å². The second kappa shape index (κ2) is 5.05. The van der Waals surface area contributed by atoms with Crippen molar-refractivity contribution in [3.05, 3.63) is 6.07 Å². The highest BCUT2D eigenvalue weighted by molar-refractivity contribution is 5.93. The van der Waals surface area contributed by atoms with Gasteiger partial charge in [-0.1, -0.05) is 0 Å². The maximum absolute atomic E-state index is 11.0. The Labute approximate surface area is 109 Å². The number of carbonyl (C=O) groups is 1. The van der Waals surface area contributed by atoms with E-state index in [9.17, 15) is 4.79 Å². The van der Waals surface area contributed by atoms with Gasteiger partial charge in [-0.3, -0.25) is 10.1 Å². The smallest absolute Gasteiger partial charge is 0.223 e. The molecule has 7 heteroatoms. The van der Waals surface area contributed by atoms with E-state index in [2.05, 4.69) is 15.3 Å². The first-order valence-electron chi connectivity index (χ1n) is 5.57. The minimum atomic E-state index is -0.211. The van der Waals surface area contributed by atoms with E-state index in [-0.39, 0.29) is 5.91 Å². The first-order chi connectivity index (χ1) is 9.10. The molecular formula is C12H15N3O4. The summed E-state index contributed by atoms with van der Waals surface area (Å²) in [5, 5.41) is 2.58. The van der Waals surface area contributed by atoms with Crippen LogP contribution in [0.2, 0.25) is 0 Å². The normalized spacial score (nSPS) is 10.3. The quantitative estimate of drug-likeness (QED) is 0.876. The van der Waals surface area contributed by atoms with Gasteiger partial charge in [-0.25, -0.2) is 4.98 Å². The molecule has 1 aromatic carbocycles. The molecule has 19 heavy (non-hydrogen) atoms. The van der Waals surface area contributed by atoms with Crippen molar-refractivity contribution in [1.82, 2.24) is 9.97 Å². The molecule has 102 valence electrons. The van der Waals surface area contributed by atoms with Crippen molar-refractivity contribution in [2.24, 2.45) is 0 Å². The molecule has 7 nitrogen and oxygen atoms in total. The van der Waals surface area contributed by atoms with Gasteiger partial charge < -0.3 is 19.2 Å². The summed E-state index contributed by atoms with van der Waals surface area (Å²) >= 11 is 0. The maximum Gasteiger partial charge on any atom is 0.223 e. The molecule has 0 spiro atoms. The molecule has 0 bridgehead atoms. The summed E-state index contributed by atoms with van der Waals surface area (Å²) < 4.78 is 15.8. The van der Waals surface area contributed by atoms with Crippen LogP contribution in [0.5, 0.6) is 17.2 Å². The average molecular weight is 265 g/mol. The lowest BCUT2D eigenvalue weighted by atomic mass is 10.2. The third-order valence-electron chi connectivity index (χ3n) is 2.57. The topological polar surface area (TPSA) is 85.5 Å². The highest BCUT2D eigenvalue weighted by Gasteiger charge is 2.19. The number of H-pyrrole nitrogens is 1. The summed E-state index contributed by atoms with van der Waals surface area (Å²) in [6.07, 6.45) is 0. The molecule has 0 aliphatic heterocycles. The molecule has 0 aliphatic rings. The summed E-state index contributed by atoms with van der Waals surface area (Å²) in [4.78, 5) is 18.3. The van der Waals surface area contributed by atoms with E-state index in [4.69, 9.17) is 14.2 Å². The lowest BCUT2D eigenvalue weighted by molar-refractivity contribution is -0.114. The van der Waals surface area contributed by atoms with Gasteiger partial charge in [0, 0.05) is 13.0 Å². The van der Waals surface area contributed by atoms with Gasteiger partial charge in [-0.15, -0.1) is 0 Å². The van der Waals surface area contributed by atoms with E-state index >= 15 is 0 Å². The molecule has 0 saturated carbocycles. The van der Waals surface area contributed by atoms with E-state index in [1.165, 1.54) is 28.3 Å². The second-order valence-corrected chi connectivity index (χ2v) is 3.81. The Morgan fingerprint density at radius 3 is 2.42 bits per heavy atom. The largest absolute Gasteiger partial charge is 0.493 e. The Hall–Kier alpha value is -2.44. The van der Waals surface area contributed by atoms with E-state index in [0.29, 0.717) is 34.2 Å². The molecule has 0 atom stereocenters. The fourth-order valence-corrected chi connectivity index (χ4v) is 1.84. The van der Waals surface area contributed by atoms with Crippen LogP contribution in [0.3, 0.4) is 0 Å². The van der Waals surface area contributed by atoms with Crippen molar-refractivity contribution < 1.29 is 19.0 Å². The lowest BCUT2D eigenvalue weighted by Crippen LogP contribution is -2.06. The first-order valence-corrected chi connectivity index (χ1v) is 5.57. The van der Waals surface area contributed by atoms with E-state index in [0.717, 1.165) is 0 Å². The number of hydrogen-bond donors (Lipinski definition) is 2. The van der Waals surface area contributed by atoms with Gasteiger partial charge in [0.2, 0.25) is 17.6 Å². The number of hydrogen-bond acceptors (Lipinski definition) is 5. The van der Waals surface area contributed by atoms with Crippen LogP contribution in [0.25, 0.3) is 11.0 Å². The average Bonchev–Trinajstić information content (AvgIpc) is 2.76. The molecule has 0 aliphatic carbocycles. The Kier molecular flexibility index (Phi) is 3.46. The molecule has 2 aromatic rings. The maximum atomic E-state index is 11.0. The van der Waals surface area contributed by atoms with E-state index < -0.39 is 0 Å². The summed E-state index contributed by atoms with van der Waals surface area (Å²) in [6, 6.07) is 1.73. The second-order valence-electron chi connectivity index (χ2n) is 3.81. The highest BCUT2D eigenvalue weighted by atomic mass is 16.5. The zero-order valence-corrected chi connectivity index (χ0v) is 11.2. The van der Waals surface area contributed by atoms with Gasteiger partial charge in [0.05, 0.1) is 26.8 Å². The number of ether oxygens (including phenoxy) is 3. The van der Waals surface area contributed by atoms with Crippen molar-refractivity contribution in [3.63, 3.8) is 0 Å². The molecule has 0 fully saturated rings. The summed E-state index contributed by atoms with van der Waals surface area (Å²) in [5.74, 6) is 1.56. The van der Waals surface area contributed by atoms with E-state index in [1.54, 1.807) is 6.07 Å². The molecule has 1 heterocycles. The predicted octanol–water partition coefficient (Wildman–Crippen LogP) is 1.55. The molecule has 1 aromatic heterocycles. The van der Waals surface area contributed by atoms with Crippen LogP contribution in [-0.2, 0) is 4.79 Å². The SMILES string of the molecule is COc1cc2[nH]c(NC(C)=O)nc2c(OC)c1OC. The van der Waals surface area contributed by atoms with Crippen LogP contribution in [0.15, 0.2) is 6.07 Å². The summed E-state index contributed by atoms with van der Waals surface area (Å²) in [5.41, 5.74) is 1.24. The fraction of sp³-hybridized carbons (Fsp3) is 0.333. The third kappa shape index (κ3) is 2.26. The number of aromatic nitrogens is 2. The van der Waals surface area contributed by atoms with Gasteiger partial charge in [-0.05, 0) is 0 Å². The van der Waals surface area contributed by atoms with Crippen LogP contribution in [0, 0.1) is 0 Å². The van der Waals surface area contributed by atoms with Crippen molar-refractivity contribution in [2.45, 2.75) is 6.92 Å². The van der Waals surface area contributed by atoms with Crippen molar-refractivity contribution >= 4 is 22.9 Å². The number of anilines is 1. The Bertz CT molecular complexity index is 621. The minimum Gasteiger partial charge on any atom is -0.493 e. The summed E-state index contributed by atoms with van der Waals surface area (Å²) in [6.45, 7) is 1.41. The zero-order chi connectivity index (χ0) is 14.0. The van der Waals surface area contributed by atoms with Gasteiger partial charge >= 0.3 is 0 Å². The third-order valence-corrected chi connectivity index (χ3v) is 2.57. The van der Waals surface area contributed by atoms with Gasteiger partial charge in [0.25, 0.3) is 0 Å². The van der Waals surface area contributed by atoms with Crippen LogP contribution in [0.4, 0.5) is 5.95 Å². The predicted molar refractivity (Wildman–Crippen MR) is 70.1 cm³/mol. The van der Waals surface area contributed by atoms with Crippen molar-refractivity contribution in [1.29, 1.82) is 0 Å². The number of methoxy groups -OCH3 is 3. The molecule has 0 saturated heterocycles. The first kappa shape index (κ1) is 13.0. The zero-order valence-electron chi connectivity index (χ0n) is 11.2. The van der Waals surface area contributed by atoms with Crippen LogP contribution in [-0.4, -0.2) is 37.2 Å². The number of carbonyl (C=O) groups excluding carboxylic acids is 1. The fourth-order valence-electron chi connectivity index (χ4n) is 1.84. The standard InChI is InChI=1S/C12H15N3O4/c1-6(16)13-12-14-7-5-8(17-2)10(18-3)11(19-4)9(7)15-12/h5H,1-4H3,(H2,13,14,15,16). The molecule has 2 rings (SSSR count). The number of nitrogens with zero attached hydrogens (tertiary/aromatic N) is 1. The van der Waals surface area contributed by atoms with Crippen molar-refractivity contribution in [2.75, 3.05) is 26.6 Å². The highest BCUT2D eigenvalue weighted by Crippen LogP contribution is 2.42. The number of rotatable bonds is 4. The Balaban J connectivity index is 2.66. The van der Waals surface area contributed by atoms with Gasteiger partial charge in [-0.2, -0.15) is 0 Å².